The molecule has 5 nitrogen and oxygen atoms in total. The van der Waals surface area contributed by atoms with E-state index >= 15 is 0 Å². The third kappa shape index (κ3) is 3.30. The first-order valence-electron chi connectivity index (χ1n) is 6.10. The summed E-state index contributed by atoms with van der Waals surface area (Å²) in [6.45, 7) is 3.98. The minimum absolute atomic E-state index is 0.265. The van der Waals surface area contributed by atoms with Gasteiger partial charge in [-0.1, -0.05) is 0 Å². The van der Waals surface area contributed by atoms with Gasteiger partial charge in [-0.05, 0) is 19.8 Å². The van der Waals surface area contributed by atoms with Gasteiger partial charge in [-0.25, -0.2) is 4.79 Å². The Morgan fingerprint density at radius 2 is 2.59 bits per heavy atom. The average Bonchev–Trinajstić information content (AvgIpc) is 2.99. The van der Waals surface area contributed by atoms with Crippen LogP contribution in [0.4, 0.5) is 0 Å². The van der Waals surface area contributed by atoms with Crippen molar-refractivity contribution in [3.8, 4) is 0 Å². The summed E-state index contributed by atoms with van der Waals surface area (Å²) in [6.07, 6.45) is 6.48. The highest BCUT2D eigenvalue weighted by molar-refractivity contribution is 5.88. The highest BCUT2D eigenvalue weighted by Gasteiger charge is 2.16. The maximum absolute atomic E-state index is 11.6. The predicted octanol–water partition coefficient (Wildman–Crippen LogP) is 1.63. The van der Waals surface area contributed by atoms with Crippen LogP contribution in [0, 0.1) is 0 Å². The van der Waals surface area contributed by atoms with E-state index in [0.29, 0.717) is 12.2 Å². The number of aryl methyl sites for hydroxylation is 1. The van der Waals surface area contributed by atoms with Gasteiger partial charge < -0.3 is 9.47 Å². The Kier molecular flexibility index (Phi) is 4.14. The van der Waals surface area contributed by atoms with Gasteiger partial charge in [-0.15, -0.1) is 0 Å². The lowest BCUT2D eigenvalue weighted by Crippen LogP contribution is -2.12. The lowest BCUT2D eigenvalue weighted by molar-refractivity contribution is 0.0386. The molecule has 5 heteroatoms. The smallest absolute Gasteiger partial charge is 0.341 e. The van der Waals surface area contributed by atoms with Crippen molar-refractivity contribution in [2.45, 2.75) is 38.8 Å². The van der Waals surface area contributed by atoms with E-state index in [0.717, 1.165) is 32.4 Å². The summed E-state index contributed by atoms with van der Waals surface area (Å²) >= 11 is 0. The van der Waals surface area contributed by atoms with Gasteiger partial charge in [0.2, 0.25) is 0 Å². The lowest BCUT2D eigenvalue weighted by atomic mass is 10.2. The summed E-state index contributed by atoms with van der Waals surface area (Å²) in [4.78, 5) is 11.6. The molecule has 94 valence electrons. The van der Waals surface area contributed by atoms with E-state index in [1.54, 1.807) is 10.9 Å². The van der Waals surface area contributed by atoms with Gasteiger partial charge in [0.15, 0.2) is 0 Å². The monoisotopic (exact) mass is 238 g/mol. The van der Waals surface area contributed by atoms with Crippen LogP contribution in [-0.2, 0) is 16.0 Å². The molecule has 0 radical (unpaired) electrons. The Balaban J connectivity index is 1.72. The van der Waals surface area contributed by atoms with Crippen molar-refractivity contribution >= 4 is 5.97 Å². The van der Waals surface area contributed by atoms with Gasteiger partial charge in [0.05, 0.1) is 24.5 Å². The zero-order valence-corrected chi connectivity index (χ0v) is 10.1. The first-order chi connectivity index (χ1) is 8.29. The van der Waals surface area contributed by atoms with Gasteiger partial charge in [-0.2, -0.15) is 5.10 Å². The van der Waals surface area contributed by atoms with Crippen molar-refractivity contribution in [3.63, 3.8) is 0 Å². The second kappa shape index (κ2) is 5.82. The quantitative estimate of drug-likeness (QED) is 0.732. The molecule has 0 saturated carbocycles. The third-order valence-electron chi connectivity index (χ3n) is 2.89. The largest absolute Gasteiger partial charge is 0.462 e. The summed E-state index contributed by atoms with van der Waals surface area (Å²) in [6, 6.07) is 0. The molecule has 1 aromatic heterocycles. The van der Waals surface area contributed by atoms with Crippen molar-refractivity contribution in [2.75, 3.05) is 13.2 Å². The van der Waals surface area contributed by atoms with E-state index in [9.17, 15) is 4.79 Å². The van der Waals surface area contributed by atoms with Crippen LogP contribution in [0.2, 0.25) is 0 Å². The second-order valence-electron chi connectivity index (χ2n) is 4.14. The maximum Gasteiger partial charge on any atom is 0.341 e. The first-order valence-corrected chi connectivity index (χ1v) is 6.10. The molecule has 2 rings (SSSR count). The fraction of sp³-hybridized carbons (Fsp3) is 0.667. The molecule has 2 heterocycles. The van der Waals surface area contributed by atoms with Crippen molar-refractivity contribution in [2.24, 2.45) is 0 Å². The van der Waals surface area contributed by atoms with Crippen LogP contribution >= 0.6 is 0 Å². The van der Waals surface area contributed by atoms with E-state index in [2.05, 4.69) is 5.10 Å². The summed E-state index contributed by atoms with van der Waals surface area (Å²) in [5.74, 6) is -0.303. The van der Waals surface area contributed by atoms with Gasteiger partial charge in [-0.3, -0.25) is 4.68 Å². The number of carbonyl (C=O) groups excluding carboxylic acids is 1. The molecular weight excluding hydrogens is 220 g/mol. The van der Waals surface area contributed by atoms with E-state index in [1.165, 1.54) is 6.20 Å². The van der Waals surface area contributed by atoms with Crippen LogP contribution in [0.3, 0.4) is 0 Å². The molecule has 1 saturated heterocycles. The molecule has 1 aromatic rings. The SMILES string of the molecule is CCn1cc(C(=O)OCC[C@@H]2CCCO2)cn1. The number of hydrogen-bond acceptors (Lipinski definition) is 4. The molecule has 0 N–H and O–H groups in total. The lowest BCUT2D eigenvalue weighted by Gasteiger charge is -2.08. The molecule has 0 spiro atoms. The third-order valence-corrected chi connectivity index (χ3v) is 2.89. The topological polar surface area (TPSA) is 53.4 Å². The van der Waals surface area contributed by atoms with Gasteiger partial charge in [0.1, 0.15) is 0 Å². The minimum atomic E-state index is -0.303. The summed E-state index contributed by atoms with van der Waals surface area (Å²) in [5, 5.41) is 4.03. The van der Waals surface area contributed by atoms with Crippen LogP contribution in [0.5, 0.6) is 0 Å². The van der Waals surface area contributed by atoms with Crippen LogP contribution in [-0.4, -0.2) is 35.1 Å². The average molecular weight is 238 g/mol. The van der Waals surface area contributed by atoms with Crippen molar-refractivity contribution in [1.29, 1.82) is 0 Å². The number of carbonyl (C=O) groups is 1. The highest BCUT2D eigenvalue weighted by Crippen LogP contribution is 2.15. The summed E-state index contributed by atoms with van der Waals surface area (Å²) in [5.41, 5.74) is 0.513. The molecule has 1 aliphatic rings. The second-order valence-corrected chi connectivity index (χ2v) is 4.14. The molecule has 1 aliphatic heterocycles. The van der Waals surface area contributed by atoms with Crippen LogP contribution in [0.25, 0.3) is 0 Å². The van der Waals surface area contributed by atoms with E-state index in [4.69, 9.17) is 9.47 Å². The Morgan fingerprint density at radius 3 is 3.24 bits per heavy atom. The number of ether oxygens (including phenoxy) is 2. The normalized spacial score (nSPS) is 19.5. The molecule has 0 unspecified atom stereocenters. The summed E-state index contributed by atoms with van der Waals surface area (Å²) in [7, 11) is 0. The zero-order valence-electron chi connectivity index (χ0n) is 10.1. The molecule has 0 aromatic carbocycles. The Morgan fingerprint density at radius 1 is 1.71 bits per heavy atom. The molecule has 0 bridgehead atoms. The molecular formula is C12H18N2O3. The molecule has 0 amide bonds. The van der Waals surface area contributed by atoms with Gasteiger partial charge in [0, 0.05) is 25.8 Å². The summed E-state index contributed by atoms with van der Waals surface area (Å²) < 4.78 is 12.3. The Bertz CT molecular complexity index is 370. The van der Waals surface area contributed by atoms with Crippen LogP contribution in [0.15, 0.2) is 12.4 Å². The standard InChI is InChI=1S/C12H18N2O3/c1-2-14-9-10(8-13-14)12(15)17-7-5-11-4-3-6-16-11/h8-9,11H,2-7H2,1H3/t11-/m0/s1. The van der Waals surface area contributed by atoms with E-state index in [-0.39, 0.29) is 12.1 Å². The Labute approximate surface area is 101 Å². The molecule has 17 heavy (non-hydrogen) atoms. The molecule has 1 fully saturated rings. The van der Waals surface area contributed by atoms with Crippen LogP contribution < -0.4 is 0 Å². The number of nitrogens with zero attached hydrogens (tertiary/aromatic N) is 2. The number of rotatable bonds is 5. The van der Waals surface area contributed by atoms with Crippen molar-refractivity contribution < 1.29 is 14.3 Å². The van der Waals surface area contributed by atoms with Gasteiger partial charge >= 0.3 is 5.97 Å². The number of hydrogen-bond donors (Lipinski definition) is 0. The highest BCUT2D eigenvalue weighted by atomic mass is 16.5. The fourth-order valence-corrected chi connectivity index (χ4v) is 1.88. The fourth-order valence-electron chi connectivity index (χ4n) is 1.88. The number of esters is 1. The van der Waals surface area contributed by atoms with Crippen molar-refractivity contribution in [3.05, 3.63) is 18.0 Å². The zero-order chi connectivity index (χ0) is 12.1. The van der Waals surface area contributed by atoms with E-state index < -0.39 is 0 Å². The number of aromatic nitrogens is 2. The van der Waals surface area contributed by atoms with Gasteiger partial charge in [0.25, 0.3) is 0 Å². The molecule has 1 atom stereocenters. The minimum Gasteiger partial charge on any atom is -0.462 e. The maximum atomic E-state index is 11.6. The molecule has 0 aliphatic carbocycles. The van der Waals surface area contributed by atoms with Crippen molar-refractivity contribution in [1.82, 2.24) is 9.78 Å². The first kappa shape index (κ1) is 12.1. The predicted molar refractivity (Wildman–Crippen MR) is 61.8 cm³/mol. The van der Waals surface area contributed by atoms with E-state index in [1.807, 2.05) is 6.92 Å². The Hall–Kier alpha value is -1.36. The van der Waals surface area contributed by atoms with Crippen LogP contribution in [0.1, 0.15) is 36.5 Å².